The van der Waals surface area contributed by atoms with Gasteiger partial charge in [0.05, 0.1) is 11.7 Å². The maximum Gasteiger partial charge on any atom is 0.0831 e. The van der Waals surface area contributed by atoms with Gasteiger partial charge in [-0.3, -0.25) is 4.90 Å². The summed E-state index contributed by atoms with van der Waals surface area (Å²) in [4.78, 5) is 4.94. The molecule has 1 rings (SSSR count). The monoisotopic (exact) mass is 243 g/mol. The topological polar surface area (TPSA) is 41.7 Å². The first-order valence-electron chi connectivity index (χ1n) is 6.83. The Bertz CT molecular complexity index is 217. The van der Waals surface area contributed by atoms with E-state index in [0.29, 0.717) is 6.54 Å². The van der Waals surface area contributed by atoms with E-state index in [2.05, 4.69) is 37.5 Å². The molecule has 0 aromatic rings. The zero-order valence-electron chi connectivity index (χ0n) is 11.9. The Morgan fingerprint density at radius 1 is 1.35 bits per heavy atom. The molecule has 102 valence electrons. The quantitative estimate of drug-likeness (QED) is 0.748. The van der Waals surface area contributed by atoms with Crippen LogP contribution in [0.2, 0.25) is 0 Å². The highest BCUT2D eigenvalue weighted by atomic mass is 16.5. The molecule has 1 atom stereocenters. The molecule has 1 unspecified atom stereocenters. The van der Waals surface area contributed by atoms with Crippen molar-refractivity contribution >= 4 is 0 Å². The number of nitrogens with zero attached hydrogens (tertiary/aromatic N) is 2. The van der Waals surface area contributed by atoms with E-state index < -0.39 is 0 Å². The molecule has 0 saturated carbocycles. The molecule has 0 aromatic heterocycles. The summed E-state index contributed by atoms with van der Waals surface area (Å²) in [6.07, 6.45) is 0.190. The largest absolute Gasteiger partial charge is 0.368 e. The van der Waals surface area contributed by atoms with E-state index in [-0.39, 0.29) is 11.7 Å². The van der Waals surface area contributed by atoms with Gasteiger partial charge in [-0.2, -0.15) is 0 Å². The van der Waals surface area contributed by atoms with Gasteiger partial charge in [0.1, 0.15) is 0 Å². The van der Waals surface area contributed by atoms with Crippen molar-refractivity contribution in [3.8, 4) is 0 Å². The molecule has 1 heterocycles. The van der Waals surface area contributed by atoms with Gasteiger partial charge in [-0.05, 0) is 26.9 Å². The number of ether oxygens (including phenoxy) is 1. The molecule has 0 spiro atoms. The molecule has 0 amide bonds. The lowest BCUT2D eigenvalue weighted by Crippen LogP contribution is -2.55. The first-order chi connectivity index (χ1) is 8.00. The Balaban J connectivity index is 2.42. The highest BCUT2D eigenvalue weighted by Gasteiger charge is 2.32. The Labute approximate surface area is 106 Å². The van der Waals surface area contributed by atoms with Crippen LogP contribution >= 0.6 is 0 Å². The minimum Gasteiger partial charge on any atom is -0.368 e. The molecular weight excluding hydrogens is 214 g/mol. The Morgan fingerprint density at radius 2 is 2.00 bits per heavy atom. The van der Waals surface area contributed by atoms with Crippen LogP contribution in [0.15, 0.2) is 0 Å². The molecule has 0 aliphatic carbocycles. The van der Waals surface area contributed by atoms with Gasteiger partial charge in [0, 0.05) is 32.7 Å². The van der Waals surface area contributed by atoms with Crippen LogP contribution in [0, 0.1) is 0 Å². The predicted octanol–water partition coefficient (Wildman–Crippen LogP) is 0.766. The highest BCUT2D eigenvalue weighted by molar-refractivity contribution is 4.84. The number of hydrogen-bond donors (Lipinski definition) is 1. The second kappa shape index (κ2) is 6.69. The van der Waals surface area contributed by atoms with Gasteiger partial charge in [-0.25, -0.2) is 0 Å². The van der Waals surface area contributed by atoms with Gasteiger partial charge in [0.15, 0.2) is 0 Å². The highest BCUT2D eigenvalue weighted by Crippen LogP contribution is 2.20. The zero-order valence-corrected chi connectivity index (χ0v) is 11.9. The maximum atomic E-state index is 5.93. The van der Waals surface area contributed by atoms with E-state index in [0.717, 1.165) is 39.3 Å². The Morgan fingerprint density at radius 3 is 2.53 bits per heavy atom. The summed E-state index contributed by atoms with van der Waals surface area (Å²) in [7, 11) is 0. The van der Waals surface area contributed by atoms with Crippen LogP contribution in [0.5, 0.6) is 0 Å². The lowest BCUT2D eigenvalue weighted by atomic mass is 10.1. The van der Waals surface area contributed by atoms with Gasteiger partial charge in [-0.15, -0.1) is 0 Å². The summed E-state index contributed by atoms with van der Waals surface area (Å²) in [6.45, 7) is 15.8. The second-order valence-electron chi connectivity index (χ2n) is 5.50. The molecule has 2 N–H and O–H groups in total. The first kappa shape index (κ1) is 14.9. The van der Waals surface area contributed by atoms with E-state index in [9.17, 15) is 0 Å². The average molecular weight is 243 g/mol. The third-order valence-electron chi connectivity index (χ3n) is 3.44. The molecule has 1 saturated heterocycles. The van der Waals surface area contributed by atoms with Crippen molar-refractivity contribution < 1.29 is 4.74 Å². The van der Waals surface area contributed by atoms with Gasteiger partial charge in [0.2, 0.25) is 0 Å². The van der Waals surface area contributed by atoms with Crippen LogP contribution in [0.1, 0.15) is 27.7 Å². The molecule has 1 aliphatic heterocycles. The second-order valence-corrected chi connectivity index (χ2v) is 5.50. The van der Waals surface area contributed by atoms with Crippen molar-refractivity contribution in [2.75, 3.05) is 45.8 Å². The standard InChI is InChI=1S/C13H29N3O/c1-5-15(6-2)7-8-16-10-12(9-14)17-13(3,4)11-16/h12H,5-11,14H2,1-4H3. The summed E-state index contributed by atoms with van der Waals surface area (Å²) < 4.78 is 5.93. The van der Waals surface area contributed by atoms with E-state index in [1.54, 1.807) is 0 Å². The number of hydrogen-bond acceptors (Lipinski definition) is 4. The van der Waals surface area contributed by atoms with Crippen molar-refractivity contribution in [3.05, 3.63) is 0 Å². The van der Waals surface area contributed by atoms with Gasteiger partial charge in [0.25, 0.3) is 0 Å². The molecular formula is C13H29N3O. The summed E-state index contributed by atoms with van der Waals surface area (Å²) in [5.41, 5.74) is 5.67. The van der Waals surface area contributed by atoms with Crippen molar-refractivity contribution in [2.24, 2.45) is 5.73 Å². The molecule has 4 nitrogen and oxygen atoms in total. The van der Waals surface area contributed by atoms with Crippen molar-refractivity contribution in [1.82, 2.24) is 9.80 Å². The van der Waals surface area contributed by atoms with Gasteiger partial charge in [-0.1, -0.05) is 13.8 Å². The molecule has 17 heavy (non-hydrogen) atoms. The normalized spacial score (nSPS) is 25.4. The van der Waals surface area contributed by atoms with Crippen LogP contribution in [0.4, 0.5) is 0 Å². The van der Waals surface area contributed by atoms with E-state index in [4.69, 9.17) is 10.5 Å². The molecule has 1 fully saturated rings. The van der Waals surface area contributed by atoms with Crippen molar-refractivity contribution in [2.45, 2.75) is 39.4 Å². The van der Waals surface area contributed by atoms with E-state index >= 15 is 0 Å². The smallest absolute Gasteiger partial charge is 0.0831 e. The molecule has 4 heteroatoms. The lowest BCUT2D eigenvalue weighted by Gasteiger charge is -2.43. The van der Waals surface area contributed by atoms with Gasteiger partial charge >= 0.3 is 0 Å². The summed E-state index contributed by atoms with van der Waals surface area (Å²) in [5.74, 6) is 0. The molecule has 0 aromatic carbocycles. The fourth-order valence-corrected chi connectivity index (χ4v) is 2.53. The number of likely N-dealkylation sites (N-methyl/N-ethyl adjacent to an activating group) is 1. The number of morpholine rings is 1. The number of nitrogens with two attached hydrogens (primary N) is 1. The summed E-state index contributed by atoms with van der Waals surface area (Å²) in [5, 5.41) is 0. The van der Waals surface area contributed by atoms with E-state index in [1.165, 1.54) is 0 Å². The van der Waals surface area contributed by atoms with Crippen LogP contribution < -0.4 is 5.73 Å². The van der Waals surface area contributed by atoms with Crippen molar-refractivity contribution in [3.63, 3.8) is 0 Å². The molecule has 1 aliphatic rings. The fraction of sp³-hybridized carbons (Fsp3) is 1.00. The van der Waals surface area contributed by atoms with Crippen LogP contribution in [-0.2, 0) is 4.74 Å². The van der Waals surface area contributed by atoms with Gasteiger partial charge < -0.3 is 15.4 Å². The van der Waals surface area contributed by atoms with Crippen LogP contribution in [0.25, 0.3) is 0 Å². The SMILES string of the molecule is CCN(CC)CCN1CC(CN)OC(C)(C)C1. The Kier molecular flexibility index (Phi) is 5.86. The molecule has 0 bridgehead atoms. The summed E-state index contributed by atoms with van der Waals surface area (Å²) >= 11 is 0. The maximum absolute atomic E-state index is 5.93. The minimum atomic E-state index is -0.0639. The summed E-state index contributed by atoms with van der Waals surface area (Å²) in [6, 6.07) is 0. The van der Waals surface area contributed by atoms with Crippen LogP contribution in [-0.4, -0.2) is 67.3 Å². The first-order valence-corrected chi connectivity index (χ1v) is 6.83. The van der Waals surface area contributed by atoms with Crippen molar-refractivity contribution in [1.29, 1.82) is 0 Å². The van der Waals surface area contributed by atoms with Crippen LogP contribution in [0.3, 0.4) is 0 Å². The Hall–Kier alpha value is -0.160. The third kappa shape index (κ3) is 4.92. The zero-order chi connectivity index (χ0) is 12.9. The average Bonchev–Trinajstić information content (AvgIpc) is 2.28. The third-order valence-corrected chi connectivity index (χ3v) is 3.44. The lowest BCUT2D eigenvalue weighted by molar-refractivity contribution is -0.132. The fourth-order valence-electron chi connectivity index (χ4n) is 2.53. The number of rotatable bonds is 6. The predicted molar refractivity (Wildman–Crippen MR) is 72.2 cm³/mol. The van der Waals surface area contributed by atoms with E-state index in [1.807, 2.05) is 0 Å². The minimum absolute atomic E-state index is 0.0639. The molecule has 0 radical (unpaired) electrons.